The Labute approximate surface area is 62.0 Å². The third kappa shape index (κ3) is 0.993. The number of aryl methyl sites for hydroxylation is 1. The molecule has 1 heterocycles. The van der Waals surface area contributed by atoms with Crippen LogP contribution in [0.3, 0.4) is 0 Å². The Balaban J connectivity index is 3.19. The van der Waals surface area contributed by atoms with E-state index in [1.807, 2.05) is 12.3 Å². The van der Waals surface area contributed by atoms with E-state index in [4.69, 9.17) is 23.2 Å². The molecule has 0 saturated carbocycles. The Bertz CT molecular complexity index is 173. The zero-order valence-corrected chi connectivity index (χ0v) is 6.57. The molecule has 0 fully saturated rings. The molecule has 1 rings (SSSR count). The summed E-state index contributed by atoms with van der Waals surface area (Å²) < 4.78 is 0.684. The lowest BCUT2D eigenvalue weighted by molar-refractivity contribution is 1.56. The van der Waals surface area contributed by atoms with Gasteiger partial charge >= 0.3 is 0 Å². The topological polar surface area (TPSA) is 0 Å². The fourth-order valence-corrected chi connectivity index (χ4v) is 1.60. The summed E-state index contributed by atoms with van der Waals surface area (Å²) in [5.74, 6) is 0. The molecule has 44 valence electrons. The molecule has 0 aliphatic heterocycles. The van der Waals surface area contributed by atoms with Gasteiger partial charge in [0.25, 0.3) is 0 Å². The van der Waals surface area contributed by atoms with Gasteiger partial charge in [-0.25, -0.2) is 0 Å². The fourth-order valence-electron chi connectivity index (χ4n) is 0.399. The highest BCUT2D eigenvalue weighted by Gasteiger charge is 2.00. The van der Waals surface area contributed by atoms with Crippen LogP contribution in [-0.4, -0.2) is 0 Å². The normalized spacial score (nSPS) is 9.88. The van der Waals surface area contributed by atoms with Crippen molar-refractivity contribution >= 4 is 34.5 Å². The van der Waals surface area contributed by atoms with Crippen molar-refractivity contribution in [1.82, 2.24) is 0 Å². The molecule has 8 heavy (non-hydrogen) atoms. The first-order valence-corrected chi connectivity index (χ1v) is 3.74. The highest BCUT2D eigenvalue weighted by Crippen LogP contribution is 2.31. The van der Waals surface area contributed by atoms with Crippen LogP contribution in [0.5, 0.6) is 0 Å². The summed E-state index contributed by atoms with van der Waals surface area (Å²) in [6, 6.07) is 0. The van der Waals surface area contributed by atoms with Gasteiger partial charge in [0.15, 0.2) is 0 Å². The monoisotopic (exact) mass is 166 g/mol. The quantitative estimate of drug-likeness (QED) is 0.555. The lowest BCUT2D eigenvalue weighted by Gasteiger charge is -1.81. The summed E-state index contributed by atoms with van der Waals surface area (Å²) in [4.78, 5) is 0. The van der Waals surface area contributed by atoms with E-state index < -0.39 is 0 Å². The summed E-state index contributed by atoms with van der Waals surface area (Å²) >= 11 is 12.8. The van der Waals surface area contributed by atoms with E-state index in [1.54, 1.807) is 0 Å². The van der Waals surface area contributed by atoms with Crippen molar-refractivity contribution in [3.8, 4) is 0 Å². The predicted molar refractivity (Wildman–Crippen MR) is 39.1 cm³/mol. The van der Waals surface area contributed by atoms with Gasteiger partial charge in [0.05, 0.1) is 5.02 Å². The van der Waals surface area contributed by atoms with Gasteiger partial charge in [0.1, 0.15) is 4.34 Å². The molecule has 0 aliphatic rings. The molecular formula is C5H4Cl2S. The molecule has 0 radical (unpaired) electrons. The molecule has 1 aromatic heterocycles. The van der Waals surface area contributed by atoms with Crippen LogP contribution >= 0.6 is 34.5 Å². The van der Waals surface area contributed by atoms with Crippen LogP contribution in [0.15, 0.2) is 5.38 Å². The average Bonchev–Trinajstić information content (AvgIpc) is 1.98. The third-order valence-corrected chi connectivity index (χ3v) is 2.89. The lowest BCUT2D eigenvalue weighted by atomic mass is 10.4. The number of rotatable bonds is 0. The van der Waals surface area contributed by atoms with Crippen molar-refractivity contribution in [3.63, 3.8) is 0 Å². The van der Waals surface area contributed by atoms with Crippen LogP contribution in [0.4, 0.5) is 0 Å². The molecule has 0 nitrogen and oxygen atoms in total. The SMILES string of the molecule is Cc1csc(Cl)c1Cl. The number of halogens is 2. The first-order valence-electron chi connectivity index (χ1n) is 2.11. The van der Waals surface area contributed by atoms with Crippen molar-refractivity contribution < 1.29 is 0 Å². The van der Waals surface area contributed by atoms with Gasteiger partial charge in [0.2, 0.25) is 0 Å². The fraction of sp³-hybridized carbons (Fsp3) is 0.200. The minimum atomic E-state index is 0.684. The van der Waals surface area contributed by atoms with Crippen molar-refractivity contribution in [2.45, 2.75) is 6.92 Å². The highest BCUT2D eigenvalue weighted by molar-refractivity contribution is 7.15. The summed E-state index contributed by atoms with van der Waals surface area (Å²) in [7, 11) is 0. The molecule has 0 bridgehead atoms. The maximum atomic E-state index is 5.67. The molecule has 0 N–H and O–H groups in total. The van der Waals surface area contributed by atoms with Crippen molar-refractivity contribution in [1.29, 1.82) is 0 Å². The van der Waals surface area contributed by atoms with Crippen molar-refractivity contribution in [2.75, 3.05) is 0 Å². The van der Waals surface area contributed by atoms with Crippen molar-refractivity contribution in [3.05, 3.63) is 20.3 Å². The molecule has 0 saturated heterocycles. The Hall–Kier alpha value is 0.280. The number of hydrogen-bond acceptors (Lipinski definition) is 1. The van der Waals surface area contributed by atoms with Crippen LogP contribution in [0.25, 0.3) is 0 Å². The Kier molecular flexibility index (Phi) is 1.81. The highest BCUT2D eigenvalue weighted by atomic mass is 35.5. The molecule has 0 aromatic carbocycles. The van der Waals surface area contributed by atoms with Gasteiger partial charge in [-0.1, -0.05) is 23.2 Å². The summed E-state index contributed by atoms with van der Waals surface area (Å²) in [5.41, 5.74) is 1.06. The summed E-state index contributed by atoms with van der Waals surface area (Å²) in [5, 5.41) is 2.63. The van der Waals surface area contributed by atoms with Crippen LogP contribution in [0.2, 0.25) is 9.36 Å². The molecule has 1 aromatic rings. The molecule has 0 atom stereocenters. The van der Waals surface area contributed by atoms with Gasteiger partial charge in [0, 0.05) is 0 Å². The van der Waals surface area contributed by atoms with E-state index in [1.165, 1.54) is 11.3 Å². The standard InChI is InChI=1S/C5H4Cl2S/c1-3-2-8-5(7)4(3)6/h2H,1H3. The molecule has 0 spiro atoms. The van der Waals surface area contributed by atoms with Gasteiger partial charge in [-0.15, -0.1) is 11.3 Å². The predicted octanol–water partition coefficient (Wildman–Crippen LogP) is 3.36. The lowest BCUT2D eigenvalue weighted by Crippen LogP contribution is -1.58. The first-order chi connectivity index (χ1) is 3.72. The third-order valence-electron chi connectivity index (χ3n) is 0.858. The molecule has 0 unspecified atom stereocenters. The van der Waals surface area contributed by atoms with Gasteiger partial charge in [-0.05, 0) is 17.9 Å². The first kappa shape index (κ1) is 6.40. The molecule has 0 amide bonds. The minimum absolute atomic E-state index is 0.684. The zero-order valence-electron chi connectivity index (χ0n) is 4.24. The van der Waals surface area contributed by atoms with Gasteiger partial charge < -0.3 is 0 Å². The maximum Gasteiger partial charge on any atom is 0.112 e. The summed E-state index contributed by atoms with van der Waals surface area (Å²) in [6.45, 7) is 1.94. The van der Waals surface area contributed by atoms with Crippen molar-refractivity contribution in [2.24, 2.45) is 0 Å². The van der Waals surface area contributed by atoms with Crippen LogP contribution < -0.4 is 0 Å². The second-order valence-corrected chi connectivity index (χ2v) is 3.37. The molecular weight excluding hydrogens is 163 g/mol. The van der Waals surface area contributed by atoms with Gasteiger partial charge in [-0.3, -0.25) is 0 Å². The minimum Gasteiger partial charge on any atom is -0.130 e. The van der Waals surface area contributed by atoms with E-state index >= 15 is 0 Å². The summed E-state index contributed by atoms with van der Waals surface area (Å²) in [6.07, 6.45) is 0. The number of thiophene rings is 1. The smallest absolute Gasteiger partial charge is 0.112 e. The van der Waals surface area contributed by atoms with Crippen LogP contribution in [-0.2, 0) is 0 Å². The van der Waals surface area contributed by atoms with E-state index in [-0.39, 0.29) is 0 Å². The van der Waals surface area contributed by atoms with E-state index in [0.717, 1.165) is 5.56 Å². The molecule has 3 heteroatoms. The second kappa shape index (κ2) is 2.26. The second-order valence-electron chi connectivity index (χ2n) is 1.51. The van der Waals surface area contributed by atoms with Crippen LogP contribution in [0.1, 0.15) is 5.56 Å². The maximum absolute atomic E-state index is 5.67. The Morgan fingerprint density at radius 1 is 1.50 bits per heavy atom. The van der Waals surface area contributed by atoms with E-state index in [0.29, 0.717) is 9.36 Å². The molecule has 0 aliphatic carbocycles. The van der Waals surface area contributed by atoms with Crippen LogP contribution in [0, 0.1) is 6.92 Å². The Morgan fingerprint density at radius 3 is 2.25 bits per heavy atom. The van der Waals surface area contributed by atoms with Gasteiger partial charge in [-0.2, -0.15) is 0 Å². The Morgan fingerprint density at radius 2 is 2.12 bits per heavy atom. The average molecular weight is 167 g/mol. The van der Waals surface area contributed by atoms with E-state index in [9.17, 15) is 0 Å². The largest absolute Gasteiger partial charge is 0.130 e. The van der Waals surface area contributed by atoms with E-state index in [2.05, 4.69) is 0 Å². The number of hydrogen-bond donors (Lipinski definition) is 0. The zero-order chi connectivity index (χ0) is 6.15.